The summed E-state index contributed by atoms with van der Waals surface area (Å²) in [4.78, 5) is 64.7. The van der Waals surface area contributed by atoms with Crippen LogP contribution in [0.15, 0.2) is 24.3 Å². The molecule has 2 saturated heterocycles. The molecule has 14 heteroatoms. The summed E-state index contributed by atoms with van der Waals surface area (Å²) in [5, 5.41) is 31.2. The van der Waals surface area contributed by atoms with Crippen molar-refractivity contribution in [2.24, 2.45) is 29.4 Å². The van der Waals surface area contributed by atoms with Gasteiger partial charge in [-0.3, -0.25) is 24.0 Å². The van der Waals surface area contributed by atoms with Crippen LogP contribution >= 0.6 is 0 Å². The van der Waals surface area contributed by atoms with Gasteiger partial charge in [-0.25, -0.2) is 0 Å². The van der Waals surface area contributed by atoms with Gasteiger partial charge in [0.05, 0.1) is 29.8 Å². The number of nitrogens with two attached hydrogens (primary N) is 1. The van der Waals surface area contributed by atoms with Gasteiger partial charge in [0.15, 0.2) is 0 Å². The highest BCUT2D eigenvalue weighted by molar-refractivity contribution is 5.85. The van der Waals surface area contributed by atoms with E-state index in [-0.39, 0.29) is 60.1 Å². The van der Waals surface area contributed by atoms with Gasteiger partial charge in [0.25, 0.3) is 0 Å². The Balaban J connectivity index is 1.34. The van der Waals surface area contributed by atoms with Crippen molar-refractivity contribution in [2.45, 2.75) is 82.6 Å². The summed E-state index contributed by atoms with van der Waals surface area (Å²) < 4.78 is 0. The molecule has 0 spiro atoms. The number of phenols is 1. The smallest absolute Gasteiger partial charge is 0.226 e. The molecule has 260 valence electrons. The SMILES string of the molecule is CNC1CCCC1C(=O)N[C@H](CC(=O)NC1CNCC1C(=O)N[C@H](CC(=O)NC1CNCC1C(N)=O)C(C)C)Cc1ccc(O)cc1. The Hall–Kier alpha value is -3.75. The lowest BCUT2D eigenvalue weighted by atomic mass is 9.96. The normalized spacial score (nSPS) is 26.8. The minimum atomic E-state index is -0.554. The van der Waals surface area contributed by atoms with Crippen molar-refractivity contribution in [3.8, 4) is 5.75 Å². The van der Waals surface area contributed by atoms with Crippen molar-refractivity contribution < 1.29 is 29.1 Å². The first-order chi connectivity index (χ1) is 22.4. The molecule has 47 heavy (non-hydrogen) atoms. The second-order valence-electron chi connectivity index (χ2n) is 13.6. The zero-order chi connectivity index (χ0) is 34.1. The minimum absolute atomic E-state index is 0.0194. The van der Waals surface area contributed by atoms with Crippen LogP contribution in [0.1, 0.15) is 51.5 Å². The zero-order valence-electron chi connectivity index (χ0n) is 27.6. The number of rotatable bonds is 15. The van der Waals surface area contributed by atoms with Crippen molar-refractivity contribution in [3.63, 3.8) is 0 Å². The largest absolute Gasteiger partial charge is 0.508 e. The van der Waals surface area contributed by atoms with Gasteiger partial charge in [0.1, 0.15) is 5.75 Å². The summed E-state index contributed by atoms with van der Waals surface area (Å²) >= 11 is 0. The summed E-state index contributed by atoms with van der Waals surface area (Å²) in [6.45, 7) is 5.46. The third-order valence-electron chi connectivity index (χ3n) is 9.78. The highest BCUT2D eigenvalue weighted by Crippen LogP contribution is 2.26. The monoisotopic (exact) mass is 656 g/mol. The molecule has 1 aliphatic carbocycles. The van der Waals surface area contributed by atoms with E-state index < -0.39 is 41.9 Å². The van der Waals surface area contributed by atoms with E-state index in [4.69, 9.17) is 5.73 Å². The highest BCUT2D eigenvalue weighted by atomic mass is 16.3. The molecule has 14 nitrogen and oxygen atoms in total. The number of nitrogens with one attached hydrogen (secondary N) is 7. The summed E-state index contributed by atoms with van der Waals surface area (Å²) in [5.74, 6) is -2.51. The molecule has 1 aromatic carbocycles. The molecule has 10 N–H and O–H groups in total. The van der Waals surface area contributed by atoms with Gasteiger partial charge in [-0.15, -0.1) is 0 Å². The van der Waals surface area contributed by atoms with Crippen LogP contribution in [0.5, 0.6) is 5.75 Å². The van der Waals surface area contributed by atoms with E-state index in [1.54, 1.807) is 24.3 Å². The molecule has 0 radical (unpaired) electrons. The Labute approximate surface area is 276 Å². The van der Waals surface area contributed by atoms with E-state index in [1.165, 1.54) is 0 Å². The Morgan fingerprint density at radius 1 is 0.809 bits per heavy atom. The average molecular weight is 657 g/mol. The van der Waals surface area contributed by atoms with Crippen LogP contribution in [-0.2, 0) is 30.4 Å². The maximum Gasteiger partial charge on any atom is 0.226 e. The van der Waals surface area contributed by atoms with Crippen molar-refractivity contribution in [2.75, 3.05) is 33.2 Å². The lowest BCUT2D eigenvalue weighted by molar-refractivity contribution is -0.127. The van der Waals surface area contributed by atoms with Gasteiger partial charge in [0.2, 0.25) is 29.5 Å². The van der Waals surface area contributed by atoms with Crippen molar-refractivity contribution in [3.05, 3.63) is 29.8 Å². The van der Waals surface area contributed by atoms with E-state index in [0.717, 1.165) is 24.8 Å². The summed E-state index contributed by atoms with van der Waals surface area (Å²) in [7, 11) is 1.85. The van der Waals surface area contributed by atoms with Crippen LogP contribution in [0.4, 0.5) is 0 Å². The molecule has 1 saturated carbocycles. The molecule has 2 heterocycles. The molecule has 3 fully saturated rings. The fourth-order valence-corrected chi connectivity index (χ4v) is 6.95. The van der Waals surface area contributed by atoms with Crippen LogP contribution in [0, 0.1) is 23.7 Å². The van der Waals surface area contributed by atoms with Gasteiger partial charge in [-0.2, -0.15) is 0 Å². The Morgan fingerprint density at radius 3 is 2.02 bits per heavy atom. The molecular formula is C33H52N8O6. The second-order valence-corrected chi connectivity index (χ2v) is 13.6. The van der Waals surface area contributed by atoms with E-state index in [2.05, 4.69) is 37.2 Å². The number of primary amides is 1. The highest BCUT2D eigenvalue weighted by Gasteiger charge is 2.38. The number of hydrogen-bond donors (Lipinski definition) is 9. The van der Waals surface area contributed by atoms with Crippen LogP contribution < -0.4 is 43.0 Å². The predicted octanol–water partition coefficient (Wildman–Crippen LogP) is -1.38. The standard InChI is InChI=1S/C33H52N8O6/c1-18(2)26(13-30(44)39-27-16-36-14-23(27)31(34)45)41-33(47)24-15-37-17-28(24)40-29(43)12-20(11-19-7-9-21(42)10-8-19)38-32(46)22-5-4-6-25(22)35-3/h7-10,18,20,22-28,35-37,42H,4-6,11-17H2,1-3H3,(H2,34,45)(H,38,46)(H,39,44)(H,40,43)(H,41,47)/t20-,22?,23?,24?,25?,26+,27?,28?/m0/s1. The Morgan fingerprint density at radius 2 is 1.40 bits per heavy atom. The topological polar surface area (TPSA) is 216 Å². The molecule has 3 aliphatic rings. The fourth-order valence-electron chi connectivity index (χ4n) is 6.95. The van der Waals surface area contributed by atoms with Crippen LogP contribution in [0.2, 0.25) is 0 Å². The third kappa shape index (κ3) is 10.1. The average Bonchev–Trinajstić information content (AvgIpc) is 3.79. The Kier molecular flexibility index (Phi) is 13.0. The Bertz CT molecular complexity index is 1260. The van der Waals surface area contributed by atoms with Crippen molar-refractivity contribution >= 4 is 29.5 Å². The number of amides is 5. The molecule has 6 unspecified atom stereocenters. The summed E-state index contributed by atoms with van der Waals surface area (Å²) in [5.41, 5.74) is 6.34. The van der Waals surface area contributed by atoms with Crippen molar-refractivity contribution in [1.29, 1.82) is 0 Å². The van der Waals surface area contributed by atoms with Crippen LogP contribution in [0.3, 0.4) is 0 Å². The molecule has 8 atom stereocenters. The third-order valence-corrected chi connectivity index (χ3v) is 9.78. The lowest BCUT2D eigenvalue weighted by Crippen LogP contribution is -2.52. The van der Waals surface area contributed by atoms with E-state index in [0.29, 0.717) is 32.6 Å². The number of carbonyl (C=O) groups excluding carboxylic acids is 5. The van der Waals surface area contributed by atoms with E-state index >= 15 is 0 Å². The summed E-state index contributed by atoms with van der Waals surface area (Å²) in [6.07, 6.45) is 3.12. The first-order valence-corrected chi connectivity index (χ1v) is 16.8. The van der Waals surface area contributed by atoms with Gasteiger partial charge in [-0.05, 0) is 49.9 Å². The molecule has 5 amide bonds. The maximum atomic E-state index is 13.5. The lowest BCUT2D eigenvalue weighted by Gasteiger charge is -2.27. The molecule has 2 aliphatic heterocycles. The number of benzene rings is 1. The second kappa shape index (κ2) is 16.9. The molecular weight excluding hydrogens is 604 g/mol. The van der Waals surface area contributed by atoms with Gasteiger partial charge in [0, 0.05) is 57.1 Å². The number of hydrogen-bond acceptors (Lipinski definition) is 9. The predicted molar refractivity (Wildman–Crippen MR) is 176 cm³/mol. The quantitative estimate of drug-likeness (QED) is 0.109. The van der Waals surface area contributed by atoms with E-state index in [9.17, 15) is 29.1 Å². The van der Waals surface area contributed by atoms with Crippen molar-refractivity contribution in [1.82, 2.24) is 37.2 Å². The van der Waals surface area contributed by atoms with Crippen LogP contribution in [0.25, 0.3) is 0 Å². The number of carbonyl (C=O) groups is 5. The molecule has 4 rings (SSSR count). The summed E-state index contributed by atoms with van der Waals surface area (Å²) in [6, 6.07) is 4.97. The van der Waals surface area contributed by atoms with Crippen LogP contribution in [-0.4, -0.2) is 98.1 Å². The minimum Gasteiger partial charge on any atom is -0.508 e. The first kappa shape index (κ1) is 36.1. The molecule has 0 bridgehead atoms. The number of aromatic hydroxyl groups is 1. The molecule has 0 aromatic heterocycles. The zero-order valence-corrected chi connectivity index (χ0v) is 27.6. The number of phenolic OH excluding ortho intramolecular Hbond substituents is 1. The molecule has 1 aromatic rings. The van der Waals surface area contributed by atoms with E-state index in [1.807, 2.05) is 20.9 Å². The van der Waals surface area contributed by atoms with Gasteiger partial charge in [-0.1, -0.05) is 32.4 Å². The maximum absolute atomic E-state index is 13.5. The van der Waals surface area contributed by atoms with Gasteiger partial charge >= 0.3 is 0 Å². The fraction of sp³-hybridized carbons (Fsp3) is 0.667. The first-order valence-electron chi connectivity index (χ1n) is 16.8. The van der Waals surface area contributed by atoms with Gasteiger partial charge < -0.3 is 48.1 Å².